The van der Waals surface area contributed by atoms with Gasteiger partial charge in [0.25, 0.3) is 0 Å². The minimum absolute atomic E-state index is 0.0724. The van der Waals surface area contributed by atoms with Gasteiger partial charge in [0.15, 0.2) is 0 Å². The largest absolute Gasteiger partial charge is 0.310 e. The van der Waals surface area contributed by atoms with Gasteiger partial charge in [-0.1, -0.05) is 156 Å². The van der Waals surface area contributed by atoms with E-state index in [0.717, 1.165) is 24.2 Å². The lowest BCUT2D eigenvalue weighted by atomic mass is 9.73. The van der Waals surface area contributed by atoms with Gasteiger partial charge in [0.2, 0.25) is 0 Å². The predicted molar refractivity (Wildman–Crippen MR) is 223 cm³/mol. The van der Waals surface area contributed by atoms with Gasteiger partial charge in [-0.15, -0.1) is 0 Å². The van der Waals surface area contributed by atoms with Crippen molar-refractivity contribution >= 4 is 17.1 Å². The Kier molecular flexibility index (Phi) is 6.90. The van der Waals surface area contributed by atoms with Crippen LogP contribution in [0.4, 0.5) is 17.1 Å². The van der Waals surface area contributed by atoms with Crippen molar-refractivity contribution in [3.63, 3.8) is 0 Å². The first-order valence-electron chi connectivity index (χ1n) is 19.2. The van der Waals surface area contributed by atoms with Crippen molar-refractivity contribution in [1.82, 2.24) is 0 Å². The van der Waals surface area contributed by atoms with Gasteiger partial charge in [0.1, 0.15) is 0 Å². The molecule has 0 bridgehead atoms. The Balaban J connectivity index is 1.17. The Morgan fingerprint density at radius 2 is 1.06 bits per heavy atom. The van der Waals surface area contributed by atoms with Gasteiger partial charge in [-0.3, -0.25) is 0 Å². The van der Waals surface area contributed by atoms with E-state index < -0.39 is 0 Å². The third-order valence-corrected chi connectivity index (χ3v) is 12.6. The van der Waals surface area contributed by atoms with Crippen LogP contribution in [0.2, 0.25) is 0 Å². The first-order valence-corrected chi connectivity index (χ1v) is 19.2. The summed E-state index contributed by atoms with van der Waals surface area (Å²) < 4.78 is 0. The minimum Gasteiger partial charge on any atom is -0.310 e. The summed E-state index contributed by atoms with van der Waals surface area (Å²) in [5.74, 6) is 0. The van der Waals surface area contributed by atoms with E-state index in [1.54, 1.807) is 0 Å². The van der Waals surface area contributed by atoms with Gasteiger partial charge in [-0.2, -0.15) is 0 Å². The second-order valence-electron chi connectivity index (χ2n) is 16.9. The van der Waals surface area contributed by atoms with Gasteiger partial charge < -0.3 is 4.90 Å². The normalized spacial score (nSPS) is 17.2. The molecule has 3 aliphatic carbocycles. The van der Waals surface area contributed by atoms with E-state index in [1.165, 1.54) is 78.0 Å². The van der Waals surface area contributed by atoms with E-state index in [-0.39, 0.29) is 16.2 Å². The molecular weight excluding hydrogens is 639 g/mol. The molecule has 0 N–H and O–H groups in total. The lowest BCUT2D eigenvalue weighted by Crippen LogP contribution is -2.24. The van der Waals surface area contributed by atoms with E-state index in [0.29, 0.717) is 0 Å². The van der Waals surface area contributed by atoms with E-state index in [4.69, 9.17) is 0 Å². The quantitative estimate of drug-likeness (QED) is 0.178. The van der Waals surface area contributed by atoms with Crippen molar-refractivity contribution in [2.24, 2.45) is 0 Å². The summed E-state index contributed by atoms with van der Waals surface area (Å²) in [5, 5.41) is 0. The fraction of sp³-hybridized carbons (Fsp3) is 0.192. The first kappa shape index (κ1) is 32.0. The highest BCUT2D eigenvalue weighted by molar-refractivity contribution is 5.91. The zero-order chi connectivity index (χ0) is 36.1. The van der Waals surface area contributed by atoms with Crippen molar-refractivity contribution in [2.75, 3.05) is 4.90 Å². The molecule has 53 heavy (non-hydrogen) atoms. The van der Waals surface area contributed by atoms with Crippen LogP contribution in [-0.4, -0.2) is 0 Å². The zero-order valence-electron chi connectivity index (χ0n) is 31.4. The van der Waals surface area contributed by atoms with E-state index in [1.807, 2.05) is 0 Å². The summed E-state index contributed by atoms with van der Waals surface area (Å²) >= 11 is 0. The molecular formula is C52H45N. The van der Waals surface area contributed by atoms with Crippen molar-refractivity contribution in [2.45, 2.75) is 63.7 Å². The maximum absolute atomic E-state index is 2.52. The molecule has 258 valence electrons. The Morgan fingerprint density at radius 3 is 1.83 bits per heavy atom. The van der Waals surface area contributed by atoms with Crippen LogP contribution in [0, 0.1) is 0 Å². The fourth-order valence-corrected chi connectivity index (χ4v) is 10.1. The average Bonchev–Trinajstić information content (AvgIpc) is 3.78. The SMILES string of the molecule is CC(C)(C)c1ccc(N(c2cccc(-c3cccc4c3C(C)(C)c3ccccc3-4)c2)c2ccc3c(c2)C2(CCc4ccccc42)c2ccccc2-3)cc1. The van der Waals surface area contributed by atoms with Crippen molar-refractivity contribution in [3.05, 3.63) is 197 Å². The third kappa shape index (κ3) is 4.63. The van der Waals surface area contributed by atoms with Crippen molar-refractivity contribution in [1.29, 1.82) is 0 Å². The highest BCUT2D eigenvalue weighted by Crippen LogP contribution is 2.59. The number of nitrogens with zero attached hydrogens (tertiary/aromatic N) is 1. The summed E-state index contributed by atoms with van der Waals surface area (Å²) in [5.41, 5.74) is 21.3. The number of benzene rings is 7. The number of hydrogen-bond acceptors (Lipinski definition) is 1. The van der Waals surface area contributed by atoms with Crippen LogP contribution < -0.4 is 4.90 Å². The van der Waals surface area contributed by atoms with Crippen molar-refractivity contribution < 1.29 is 0 Å². The van der Waals surface area contributed by atoms with Gasteiger partial charge in [-0.05, 0) is 127 Å². The maximum atomic E-state index is 2.52. The Hall–Kier alpha value is -5.66. The summed E-state index contributed by atoms with van der Waals surface area (Å²) in [6.45, 7) is 11.6. The molecule has 1 spiro atoms. The molecule has 0 saturated heterocycles. The van der Waals surface area contributed by atoms with Crippen LogP contribution in [-0.2, 0) is 22.7 Å². The Labute approximate surface area is 314 Å². The number of rotatable bonds is 4. The van der Waals surface area contributed by atoms with Crippen molar-refractivity contribution in [3.8, 4) is 33.4 Å². The summed E-state index contributed by atoms with van der Waals surface area (Å²) in [6, 6.07) is 59.8. The molecule has 1 atom stereocenters. The number of aryl methyl sites for hydroxylation is 1. The molecule has 0 fully saturated rings. The van der Waals surface area contributed by atoms with E-state index in [9.17, 15) is 0 Å². The van der Waals surface area contributed by atoms with E-state index in [2.05, 4.69) is 197 Å². The van der Waals surface area contributed by atoms with Crippen LogP contribution in [0.15, 0.2) is 158 Å². The lowest BCUT2D eigenvalue weighted by molar-refractivity contribution is 0.590. The molecule has 10 rings (SSSR count). The van der Waals surface area contributed by atoms with Gasteiger partial charge in [0.05, 0.1) is 0 Å². The summed E-state index contributed by atoms with van der Waals surface area (Å²) in [7, 11) is 0. The van der Waals surface area contributed by atoms with Crippen LogP contribution in [0.5, 0.6) is 0 Å². The van der Waals surface area contributed by atoms with Gasteiger partial charge in [0, 0.05) is 27.9 Å². The minimum atomic E-state index is -0.146. The maximum Gasteiger partial charge on any atom is 0.0470 e. The van der Waals surface area contributed by atoms with Crippen LogP contribution in [0.25, 0.3) is 33.4 Å². The topological polar surface area (TPSA) is 3.24 Å². The molecule has 7 aromatic rings. The molecule has 0 saturated carbocycles. The summed E-state index contributed by atoms with van der Waals surface area (Å²) in [4.78, 5) is 2.48. The molecule has 1 unspecified atom stereocenters. The molecule has 0 aliphatic heterocycles. The van der Waals surface area contributed by atoms with Crippen LogP contribution >= 0.6 is 0 Å². The predicted octanol–water partition coefficient (Wildman–Crippen LogP) is 13.7. The lowest BCUT2D eigenvalue weighted by Gasteiger charge is -2.31. The Bertz CT molecular complexity index is 2580. The standard InChI is InChI=1S/C52H45N/c1-50(2,3)36-24-26-37(27-25-36)53(38-16-12-15-35(32-38)40-19-13-20-44-42-18-7-10-22-46(42)51(4,5)49(40)44)39-28-29-43-41-17-8-11-23-47(41)52(48(43)33-39)31-30-34-14-6-9-21-45(34)52/h6-29,32-33H,30-31H2,1-5H3. The summed E-state index contributed by atoms with van der Waals surface area (Å²) in [6.07, 6.45) is 2.18. The number of anilines is 3. The molecule has 1 heteroatoms. The van der Waals surface area contributed by atoms with E-state index >= 15 is 0 Å². The highest BCUT2D eigenvalue weighted by Gasteiger charge is 2.48. The highest BCUT2D eigenvalue weighted by atomic mass is 15.1. The molecule has 7 aromatic carbocycles. The molecule has 0 aromatic heterocycles. The van der Waals surface area contributed by atoms with Crippen LogP contribution in [0.1, 0.15) is 80.0 Å². The third-order valence-electron chi connectivity index (χ3n) is 12.6. The first-order chi connectivity index (χ1) is 25.7. The Morgan fingerprint density at radius 1 is 0.472 bits per heavy atom. The molecule has 0 amide bonds. The molecule has 1 nitrogen and oxygen atoms in total. The van der Waals surface area contributed by atoms with Gasteiger partial charge >= 0.3 is 0 Å². The van der Waals surface area contributed by atoms with Crippen LogP contribution in [0.3, 0.4) is 0 Å². The second-order valence-corrected chi connectivity index (χ2v) is 16.9. The average molecular weight is 684 g/mol. The number of fused-ring (bicyclic) bond motifs is 10. The second kappa shape index (κ2) is 11.4. The van der Waals surface area contributed by atoms with Gasteiger partial charge in [-0.25, -0.2) is 0 Å². The monoisotopic (exact) mass is 683 g/mol. The molecule has 0 heterocycles. The smallest absolute Gasteiger partial charge is 0.0470 e. The molecule has 3 aliphatic rings. The fourth-order valence-electron chi connectivity index (χ4n) is 10.1. The number of hydrogen-bond donors (Lipinski definition) is 0. The zero-order valence-corrected chi connectivity index (χ0v) is 31.4. The molecule has 0 radical (unpaired) electrons.